The van der Waals surface area contributed by atoms with Gasteiger partial charge in [0.25, 0.3) is 0 Å². The highest BCUT2D eigenvalue weighted by atomic mass is 16.5. The molecule has 0 unspecified atom stereocenters. The number of aromatic nitrogens is 2. The molecule has 4 nitrogen and oxygen atoms in total. The van der Waals surface area contributed by atoms with Crippen molar-refractivity contribution in [2.45, 2.75) is 18.3 Å². The number of aryl methyl sites for hydroxylation is 1. The van der Waals surface area contributed by atoms with Gasteiger partial charge < -0.3 is 10.5 Å². The molecule has 0 amide bonds. The van der Waals surface area contributed by atoms with Crippen molar-refractivity contribution in [3.05, 3.63) is 35.9 Å². The lowest BCUT2D eigenvalue weighted by Gasteiger charge is -2.14. The summed E-state index contributed by atoms with van der Waals surface area (Å²) in [5, 5.41) is 4.39. The van der Waals surface area contributed by atoms with Crippen LogP contribution in [0.1, 0.15) is 18.4 Å². The van der Waals surface area contributed by atoms with E-state index in [2.05, 4.69) is 29.4 Å². The lowest BCUT2D eigenvalue weighted by molar-refractivity contribution is 0.171. The van der Waals surface area contributed by atoms with E-state index in [1.54, 1.807) is 11.8 Å². The summed E-state index contributed by atoms with van der Waals surface area (Å²) in [4.78, 5) is 0. The van der Waals surface area contributed by atoms with Crippen LogP contribution >= 0.6 is 0 Å². The summed E-state index contributed by atoms with van der Waals surface area (Å²) in [5.41, 5.74) is 9.45. The average molecular weight is 257 g/mol. The average Bonchev–Trinajstić information content (AvgIpc) is 3.12. The highest BCUT2D eigenvalue weighted by Crippen LogP contribution is 2.48. The number of anilines is 1. The lowest BCUT2D eigenvalue weighted by atomic mass is 9.95. The topological polar surface area (TPSA) is 53.1 Å². The summed E-state index contributed by atoms with van der Waals surface area (Å²) < 4.78 is 7.02. The van der Waals surface area contributed by atoms with E-state index in [4.69, 9.17) is 10.5 Å². The standard InChI is InChI=1S/C15H19N3O/c1-18-14(16)9-13(17-18)11-3-5-12(6-4-11)15(7-8-15)10-19-2/h3-6,9H,7-8,10,16H2,1-2H3. The Hall–Kier alpha value is -1.81. The highest BCUT2D eigenvalue weighted by Gasteiger charge is 2.44. The highest BCUT2D eigenvalue weighted by molar-refractivity contribution is 5.63. The van der Waals surface area contributed by atoms with E-state index < -0.39 is 0 Å². The quantitative estimate of drug-likeness (QED) is 0.914. The molecule has 3 rings (SSSR count). The number of nitrogens with zero attached hydrogens (tertiary/aromatic N) is 2. The van der Waals surface area contributed by atoms with E-state index in [0.29, 0.717) is 5.82 Å². The van der Waals surface area contributed by atoms with E-state index in [1.165, 1.54) is 18.4 Å². The molecule has 0 radical (unpaired) electrons. The van der Waals surface area contributed by atoms with Crippen LogP contribution in [-0.2, 0) is 17.2 Å². The number of methoxy groups -OCH3 is 1. The molecule has 0 bridgehead atoms. The van der Waals surface area contributed by atoms with Gasteiger partial charge in [-0.1, -0.05) is 24.3 Å². The molecule has 0 atom stereocenters. The SMILES string of the molecule is COCC1(c2ccc(-c3cc(N)n(C)n3)cc2)CC1. The molecule has 1 aromatic carbocycles. The second kappa shape index (κ2) is 4.38. The molecule has 2 N–H and O–H groups in total. The Bertz CT molecular complexity index is 562. The summed E-state index contributed by atoms with van der Waals surface area (Å²) in [7, 11) is 3.62. The van der Waals surface area contributed by atoms with Crippen molar-refractivity contribution in [1.82, 2.24) is 9.78 Å². The van der Waals surface area contributed by atoms with Crippen molar-refractivity contribution in [3.8, 4) is 11.3 Å². The van der Waals surface area contributed by atoms with Crippen LogP contribution in [-0.4, -0.2) is 23.5 Å². The van der Waals surface area contributed by atoms with Crippen LogP contribution in [0, 0.1) is 0 Å². The molecule has 1 aromatic heterocycles. The number of nitrogens with two attached hydrogens (primary N) is 1. The maximum Gasteiger partial charge on any atom is 0.121 e. The van der Waals surface area contributed by atoms with Crippen molar-refractivity contribution in [2.75, 3.05) is 19.5 Å². The fourth-order valence-electron chi connectivity index (χ4n) is 2.56. The van der Waals surface area contributed by atoms with Crippen LogP contribution in [0.15, 0.2) is 30.3 Å². The second-order valence-corrected chi connectivity index (χ2v) is 5.37. The van der Waals surface area contributed by atoms with Gasteiger partial charge in [0.1, 0.15) is 5.82 Å². The largest absolute Gasteiger partial charge is 0.384 e. The Balaban J connectivity index is 1.87. The smallest absolute Gasteiger partial charge is 0.121 e. The van der Waals surface area contributed by atoms with E-state index in [1.807, 2.05) is 13.1 Å². The van der Waals surface area contributed by atoms with Gasteiger partial charge in [0.15, 0.2) is 0 Å². The van der Waals surface area contributed by atoms with Crippen molar-refractivity contribution >= 4 is 5.82 Å². The summed E-state index contributed by atoms with van der Waals surface area (Å²) in [6, 6.07) is 10.5. The second-order valence-electron chi connectivity index (χ2n) is 5.37. The molecule has 1 fully saturated rings. The molecule has 0 spiro atoms. The fourth-order valence-corrected chi connectivity index (χ4v) is 2.56. The van der Waals surface area contributed by atoms with E-state index in [9.17, 15) is 0 Å². The van der Waals surface area contributed by atoms with Gasteiger partial charge in [0.05, 0.1) is 12.3 Å². The zero-order chi connectivity index (χ0) is 13.5. The van der Waals surface area contributed by atoms with Crippen LogP contribution in [0.5, 0.6) is 0 Å². The molecule has 2 aromatic rings. The molecule has 0 aliphatic heterocycles. The molecule has 1 aliphatic carbocycles. The first-order valence-corrected chi connectivity index (χ1v) is 6.54. The molecule has 1 saturated carbocycles. The van der Waals surface area contributed by atoms with E-state index in [-0.39, 0.29) is 5.41 Å². The molecule has 4 heteroatoms. The summed E-state index contributed by atoms with van der Waals surface area (Å²) in [5.74, 6) is 0.678. The number of nitrogen functional groups attached to an aromatic ring is 1. The van der Waals surface area contributed by atoms with Gasteiger partial charge in [-0.05, 0) is 18.4 Å². The lowest BCUT2D eigenvalue weighted by Crippen LogP contribution is -2.13. The van der Waals surface area contributed by atoms with Crippen molar-refractivity contribution < 1.29 is 4.74 Å². The third kappa shape index (κ3) is 2.12. The number of hydrogen-bond acceptors (Lipinski definition) is 3. The Kier molecular flexibility index (Phi) is 2.82. The third-order valence-corrected chi connectivity index (χ3v) is 3.98. The first-order chi connectivity index (χ1) is 9.14. The van der Waals surface area contributed by atoms with E-state index in [0.717, 1.165) is 17.9 Å². The summed E-state index contributed by atoms with van der Waals surface area (Å²) >= 11 is 0. The normalized spacial score (nSPS) is 16.5. The van der Waals surface area contributed by atoms with Crippen LogP contribution < -0.4 is 5.73 Å². The van der Waals surface area contributed by atoms with Crippen LogP contribution in [0.25, 0.3) is 11.3 Å². The van der Waals surface area contributed by atoms with Crippen LogP contribution in [0.3, 0.4) is 0 Å². The number of benzene rings is 1. The predicted molar refractivity (Wildman–Crippen MR) is 75.8 cm³/mol. The maximum absolute atomic E-state index is 5.81. The van der Waals surface area contributed by atoms with Gasteiger partial charge in [-0.15, -0.1) is 0 Å². The first-order valence-electron chi connectivity index (χ1n) is 6.54. The van der Waals surface area contributed by atoms with Gasteiger partial charge in [-0.3, -0.25) is 4.68 Å². The zero-order valence-corrected chi connectivity index (χ0v) is 11.4. The van der Waals surface area contributed by atoms with Gasteiger partial charge >= 0.3 is 0 Å². The molecule has 1 aliphatic rings. The molecular formula is C15H19N3O. The van der Waals surface area contributed by atoms with E-state index >= 15 is 0 Å². The zero-order valence-electron chi connectivity index (χ0n) is 11.4. The number of rotatable bonds is 4. The van der Waals surface area contributed by atoms with Gasteiger partial charge in [0, 0.05) is 31.2 Å². The van der Waals surface area contributed by atoms with Crippen LogP contribution in [0.4, 0.5) is 5.82 Å². The number of ether oxygens (including phenoxy) is 1. The summed E-state index contributed by atoms with van der Waals surface area (Å²) in [6.45, 7) is 0.808. The number of hydrogen-bond donors (Lipinski definition) is 1. The van der Waals surface area contributed by atoms with Crippen molar-refractivity contribution in [3.63, 3.8) is 0 Å². The Morgan fingerprint density at radius 1 is 1.32 bits per heavy atom. The minimum atomic E-state index is 0.260. The fraction of sp³-hybridized carbons (Fsp3) is 0.400. The molecule has 1 heterocycles. The third-order valence-electron chi connectivity index (χ3n) is 3.98. The van der Waals surface area contributed by atoms with Crippen molar-refractivity contribution in [1.29, 1.82) is 0 Å². The Morgan fingerprint density at radius 2 is 2.00 bits per heavy atom. The van der Waals surface area contributed by atoms with Gasteiger partial charge in [0.2, 0.25) is 0 Å². The molecule has 0 saturated heterocycles. The Labute approximate surface area is 113 Å². The molecular weight excluding hydrogens is 238 g/mol. The summed E-state index contributed by atoms with van der Waals surface area (Å²) in [6.07, 6.45) is 2.44. The predicted octanol–water partition coefficient (Wildman–Crippen LogP) is 2.35. The molecule has 100 valence electrons. The minimum absolute atomic E-state index is 0.260. The van der Waals surface area contributed by atoms with Gasteiger partial charge in [-0.25, -0.2) is 0 Å². The monoisotopic (exact) mass is 257 g/mol. The Morgan fingerprint density at radius 3 is 2.47 bits per heavy atom. The minimum Gasteiger partial charge on any atom is -0.384 e. The van der Waals surface area contributed by atoms with Gasteiger partial charge in [-0.2, -0.15) is 5.10 Å². The van der Waals surface area contributed by atoms with Crippen LogP contribution in [0.2, 0.25) is 0 Å². The van der Waals surface area contributed by atoms with Crippen molar-refractivity contribution in [2.24, 2.45) is 7.05 Å². The molecule has 19 heavy (non-hydrogen) atoms. The first kappa shape index (κ1) is 12.2. The maximum atomic E-state index is 5.81.